The van der Waals surface area contributed by atoms with Crippen LogP contribution in [-0.4, -0.2) is 60.1 Å². The van der Waals surface area contributed by atoms with Crippen molar-refractivity contribution in [3.63, 3.8) is 0 Å². The predicted molar refractivity (Wildman–Crippen MR) is 77.6 cm³/mol. The number of aromatic nitrogens is 3. The van der Waals surface area contributed by atoms with E-state index >= 15 is 0 Å². The number of hydrogen-bond donors (Lipinski definition) is 1. The third kappa shape index (κ3) is 3.42. The van der Waals surface area contributed by atoms with E-state index in [0.29, 0.717) is 0 Å². The van der Waals surface area contributed by atoms with Gasteiger partial charge in [0.15, 0.2) is 12.0 Å². The van der Waals surface area contributed by atoms with Crippen molar-refractivity contribution >= 4 is 10.1 Å². The van der Waals surface area contributed by atoms with Gasteiger partial charge in [0, 0.05) is 0 Å². The minimum atomic E-state index is -3.67. The lowest BCUT2D eigenvalue weighted by Gasteiger charge is -2.24. The maximum atomic E-state index is 11.9. The summed E-state index contributed by atoms with van der Waals surface area (Å²) in [6.45, 7) is 3.06. The Morgan fingerprint density at radius 1 is 1.33 bits per heavy atom. The quantitative estimate of drug-likeness (QED) is 0.622. The molecule has 0 spiro atoms. The number of H-pyrrole nitrogens is 1. The van der Waals surface area contributed by atoms with Crippen LogP contribution in [0.2, 0.25) is 0 Å². The van der Waals surface area contributed by atoms with E-state index in [4.69, 9.17) is 18.4 Å². The highest BCUT2D eigenvalue weighted by Crippen LogP contribution is 2.42. The first-order valence-corrected chi connectivity index (χ1v) is 8.91. The van der Waals surface area contributed by atoms with Crippen LogP contribution >= 0.6 is 0 Å². The van der Waals surface area contributed by atoms with Crippen molar-refractivity contribution in [1.29, 1.82) is 0 Å². The molecular weight excluding hydrogens is 346 g/mol. The van der Waals surface area contributed by atoms with E-state index in [1.54, 1.807) is 13.8 Å². The Hall–Kier alpha value is -1.60. The van der Waals surface area contributed by atoms with E-state index in [1.165, 1.54) is 0 Å². The first-order valence-electron chi connectivity index (χ1n) is 7.09. The highest BCUT2D eigenvalue weighted by atomic mass is 32.2. The zero-order valence-electron chi connectivity index (χ0n) is 13.2. The van der Waals surface area contributed by atoms with Crippen LogP contribution in [0.25, 0.3) is 0 Å². The molecule has 2 aliphatic rings. The number of aromatic amines is 1. The Kier molecular flexibility index (Phi) is 4.12. The van der Waals surface area contributed by atoms with Gasteiger partial charge in [-0.25, -0.2) is 4.79 Å². The highest BCUT2D eigenvalue weighted by Gasteiger charge is 2.56. The number of rotatable bonds is 4. The van der Waals surface area contributed by atoms with Gasteiger partial charge in [-0.1, -0.05) is 0 Å². The van der Waals surface area contributed by atoms with E-state index < -0.39 is 51.7 Å². The maximum Gasteiger partial charge on any atom is 0.347 e. The molecule has 2 saturated heterocycles. The monoisotopic (exact) mass is 363 g/mol. The Morgan fingerprint density at radius 3 is 2.62 bits per heavy atom. The van der Waals surface area contributed by atoms with E-state index in [1.807, 2.05) is 0 Å². The van der Waals surface area contributed by atoms with Crippen molar-refractivity contribution in [2.24, 2.45) is 0 Å². The second-order valence-electron chi connectivity index (χ2n) is 6.00. The zero-order valence-corrected chi connectivity index (χ0v) is 14.0. The number of nitrogens with one attached hydrogen (secondary N) is 1. The van der Waals surface area contributed by atoms with Gasteiger partial charge in [0.05, 0.1) is 12.9 Å². The average molecular weight is 363 g/mol. The lowest BCUT2D eigenvalue weighted by molar-refractivity contribution is -0.201. The lowest BCUT2D eigenvalue weighted by atomic mass is 10.1. The Balaban J connectivity index is 1.90. The molecule has 3 heterocycles. The molecule has 0 bridgehead atoms. The van der Waals surface area contributed by atoms with Crippen molar-refractivity contribution < 1.29 is 26.8 Å². The second-order valence-corrected chi connectivity index (χ2v) is 7.65. The fraction of sp³-hybridized carbons (Fsp3) is 0.750. The van der Waals surface area contributed by atoms with Crippen molar-refractivity contribution in [1.82, 2.24) is 14.8 Å². The van der Waals surface area contributed by atoms with E-state index in [-0.39, 0.29) is 6.61 Å². The molecule has 0 aromatic carbocycles. The van der Waals surface area contributed by atoms with Crippen LogP contribution in [0.4, 0.5) is 0 Å². The summed E-state index contributed by atoms with van der Waals surface area (Å²) >= 11 is 0. The van der Waals surface area contributed by atoms with Gasteiger partial charge in [-0.2, -0.15) is 18.2 Å². The first kappa shape index (κ1) is 17.2. The van der Waals surface area contributed by atoms with E-state index in [2.05, 4.69) is 10.1 Å². The molecule has 0 saturated carbocycles. The van der Waals surface area contributed by atoms with Crippen molar-refractivity contribution in [3.05, 3.63) is 27.0 Å². The largest absolute Gasteiger partial charge is 0.347 e. The molecule has 1 aromatic rings. The lowest BCUT2D eigenvalue weighted by Crippen LogP contribution is -2.39. The molecule has 11 nitrogen and oxygen atoms in total. The first-order chi connectivity index (χ1) is 11.1. The maximum absolute atomic E-state index is 11.9. The van der Waals surface area contributed by atoms with Gasteiger partial charge in [-0.05, 0) is 13.8 Å². The van der Waals surface area contributed by atoms with Crippen LogP contribution in [0, 0.1) is 0 Å². The standard InChI is InChI=1S/C12H17N3O8S/c1-12(2)22-8-6(5-20-24(3,18)19)21-10(9(8)23-12)15-11(17)14-7(16)4-13-15/h4,6,8-10H,5H2,1-3H3,(H,14,16,17)/t6-,8-,9-,10+/m1/s1. The fourth-order valence-corrected chi connectivity index (χ4v) is 3.11. The molecule has 12 heteroatoms. The number of ether oxygens (including phenoxy) is 3. The van der Waals surface area contributed by atoms with Crippen LogP contribution in [0.3, 0.4) is 0 Å². The fourth-order valence-electron chi connectivity index (χ4n) is 2.72. The molecule has 0 amide bonds. The molecule has 0 aliphatic carbocycles. The number of fused-ring (bicyclic) bond motifs is 1. The third-order valence-corrected chi connectivity index (χ3v) is 4.11. The summed E-state index contributed by atoms with van der Waals surface area (Å²) in [5.41, 5.74) is -1.42. The topological polar surface area (TPSA) is 139 Å². The zero-order chi connectivity index (χ0) is 17.7. The molecule has 3 rings (SSSR count). The average Bonchev–Trinajstić information content (AvgIpc) is 2.90. The van der Waals surface area contributed by atoms with Gasteiger partial charge in [0.25, 0.3) is 15.7 Å². The van der Waals surface area contributed by atoms with Gasteiger partial charge in [-0.15, -0.1) is 0 Å². The van der Waals surface area contributed by atoms with Crippen LogP contribution in [-0.2, 0) is 28.5 Å². The van der Waals surface area contributed by atoms with Crippen molar-refractivity contribution in [2.45, 2.75) is 44.2 Å². The van der Waals surface area contributed by atoms with Gasteiger partial charge < -0.3 is 14.2 Å². The number of hydrogen-bond acceptors (Lipinski definition) is 9. The molecule has 24 heavy (non-hydrogen) atoms. The third-order valence-electron chi connectivity index (χ3n) is 3.55. The summed E-state index contributed by atoms with van der Waals surface area (Å²) in [5, 5.41) is 3.75. The molecule has 0 unspecified atom stereocenters. The summed E-state index contributed by atoms with van der Waals surface area (Å²) in [5.74, 6) is -0.952. The van der Waals surface area contributed by atoms with Crippen LogP contribution < -0.4 is 11.2 Å². The SMILES string of the molecule is CC1(C)O[C@@H]2[C@H](O1)[C@@H](COS(C)(=O)=O)O[C@@H]2n1ncc(=O)[nH]c1=O. The normalized spacial score (nSPS) is 32.0. The van der Waals surface area contributed by atoms with Gasteiger partial charge >= 0.3 is 5.69 Å². The Labute approximate surface area is 136 Å². The molecule has 2 aliphatic heterocycles. The number of nitrogens with zero attached hydrogens (tertiary/aromatic N) is 2. The van der Waals surface area contributed by atoms with Gasteiger partial charge in [-0.3, -0.25) is 14.0 Å². The molecule has 134 valence electrons. The molecule has 1 N–H and O–H groups in total. The molecular formula is C12H17N3O8S. The van der Waals surface area contributed by atoms with E-state index in [0.717, 1.165) is 17.1 Å². The Bertz CT molecular complexity index is 844. The molecule has 1 aromatic heterocycles. The summed E-state index contributed by atoms with van der Waals surface area (Å²) in [6.07, 6.45) is -1.31. The van der Waals surface area contributed by atoms with Crippen LogP contribution in [0.5, 0.6) is 0 Å². The minimum Gasteiger partial charge on any atom is -0.345 e. The molecule has 0 radical (unpaired) electrons. The van der Waals surface area contributed by atoms with Crippen molar-refractivity contribution in [2.75, 3.05) is 12.9 Å². The summed E-state index contributed by atoms with van der Waals surface area (Å²) in [7, 11) is -3.67. The van der Waals surface area contributed by atoms with Crippen molar-refractivity contribution in [3.8, 4) is 0 Å². The molecule has 2 fully saturated rings. The van der Waals surface area contributed by atoms with Crippen LogP contribution in [0.1, 0.15) is 20.1 Å². The van der Waals surface area contributed by atoms with Crippen LogP contribution in [0.15, 0.2) is 15.8 Å². The van der Waals surface area contributed by atoms with Gasteiger partial charge in [0.2, 0.25) is 0 Å². The smallest absolute Gasteiger partial charge is 0.345 e. The summed E-state index contributed by atoms with van der Waals surface area (Å²) in [6, 6.07) is 0. The van der Waals surface area contributed by atoms with Gasteiger partial charge in [0.1, 0.15) is 24.5 Å². The summed E-state index contributed by atoms with van der Waals surface area (Å²) < 4.78 is 45.2. The minimum absolute atomic E-state index is 0.298. The predicted octanol–water partition coefficient (Wildman–Crippen LogP) is -1.67. The Morgan fingerprint density at radius 2 is 2.00 bits per heavy atom. The van der Waals surface area contributed by atoms with E-state index in [9.17, 15) is 18.0 Å². The summed E-state index contributed by atoms with van der Waals surface area (Å²) in [4.78, 5) is 25.2. The second kappa shape index (κ2) is 5.74. The molecule has 4 atom stereocenters. The highest BCUT2D eigenvalue weighted by molar-refractivity contribution is 7.85.